The average molecular weight is 615 g/mol. The van der Waals surface area contributed by atoms with Crippen molar-refractivity contribution in [1.82, 2.24) is 0 Å². The van der Waals surface area contributed by atoms with Crippen molar-refractivity contribution >= 4 is 10.1 Å². The number of hydrogen-bond donors (Lipinski definition) is 0. The average Bonchev–Trinajstić information content (AvgIpc) is 2.88. The Hall–Kier alpha value is -1.91. The van der Waals surface area contributed by atoms with E-state index in [1.807, 2.05) is 6.92 Å². The van der Waals surface area contributed by atoms with Crippen LogP contribution in [0.3, 0.4) is 0 Å². The van der Waals surface area contributed by atoms with E-state index >= 15 is 0 Å². The zero-order chi connectivity index (χ0) is 32.8. The Bertz CT molecular complexity index is 1110. The van der Waals surface area contributed by atoms with Crippen LogP contribution in [0, 0.1) is 5.92 Å². The molecule has 0 radical (unpaired) electrons. The van der Waals surface area contributed by atoms with Gasteiger partial charge < -0.3 is 0 Å². The first kappa shape index (κ1) is 41.1. The summed E-state index contributed by atoms with van der Waals surface area (Å²) in [5.41, 5.74) is 9.22. The van der Waals surface area contributed by atoms with Crippen LogP contribution in [-0.4, -0.2) is 20.3 Å². The first-order valence-electron chi connectivity index (χ1n) is 16.6. The summed E-state index contributed by atoms with van der Waals surface area (Å²) in [5.74, 6) is 0.00671. The SMILES string of the molecule is CCCCS(=O)(=O)OC(C=C(C)CCC=C(C)C)C(C=C(C)CCC=C(C)C)CC=C(C)CCC=C(C)CCC=C(C)C. The monoisotopic (exact) mass is 614 g/mol. The Labute approximate surface area is 268 Å². The summed E-state index contributed by atoms with van der Waals surface area (Å²) >= 11 is 0. The predicted molar refractivity (Wildman–Crippen MR) is 192 cm³/mol. The molecule has 0 saturated heterocycles. The molecule has 0 fully saturated rings. The van der Waals surface area contributed by atoms with Gasteiger partial charge in [0.05, 0.1) is 5.75 Å². The normalized spacial score (nSPS) is 14.8. The molecule has 0 saturated carbocycles. The van der Waals surface area contributed by atoms with Crippen LogP contribution in [-0.2, 0) is 14.3 Å². The Morgan fingerprint density at radius 2 is 1.00 bits per heavy atom. The van der Waals surface area contributed by atoms with E-state index in [-0.39, 0.29) is 11.7 Å². The maximum absolute atomic E-state index is 13.1. The van der Waals surface area contributed by atoms with Crippen LogP contribution in [0.15, 0.2) is 81.5 Å². The van der Waals surface area contributed by atoms with Gasteiger partial charge in [0.1, 0.15) is 6.10 Å². The van der Waals surface area contributed by atoms with Gasteiger partial charge in [0, 0.05) is 5.92 Å². The standard InChI is InChI=1S/C39H66O3S/c1-12-13-28-43(40,41)42-39(30-37(11)25-16-20-33(6)7)38(29-36(10)24-15-19-32(4)5)27-26-35(9)23-17-22-34(8)21-14-18-31(2)3/h18-20,22,26,29-30,38-39H,12-17,21,23-25,27-28H2,1-11H3. The molecule has 0 heterocycles. The highest BCUT2D eigenvalue weighted by atomic mass is 32.2. The summed E-state index contributed by atoms with van der Waals surface area (Å²) in [4.78, 5) is 0. The minimum Gasteiger partial charge on any atom is -0.262 e. The Morgan fingerprint density at radius 1 is 0.581 bits per heavy atom. The molecule has 0 rings (SSSR count). The molecule has 43 heavy (non-hydrogen) atoms. The van der Waals surface area contributed by atoms with Gasteiger partial charge in [-0.15, -0.1) is 0 Å². The summed E-state index contributed by atoms with van der Waals surface area (Å²) in [6.45, 7) is 23.5. The fourth-order valence-electron chi connectivity index (χ4n) is 4.72. The molecule has 0 aliphatic carbocycles. The molecular formula is C39H66O3S. The molecule has 0 aromatic carbocycles. The zero-order valence-electron chi connectivity index (χ0n) is 29.8. The minimum atomic E-state index is -3.63. The van der Waals surface area contributed by atoms with Crippen LogP contribution in [0.2, 0.25) is 0 Å². The second-order valence-corrected chi connectivity index (χ2v) is 14.9. The van der Waals surface area contributed by atoms with Gasteiger partial charge in [-0.25, -0.2) is 0 Å². The first-order valence-corrected chi connectivity index (χ1v) is 18.2. The van der Waals surface area contributed by atoms with Gasteiger partial charge in [-0.05, 0) is 133 Å². The lowest BCUT2D eigenvalue weighted by molar-refractivity contribution is 0.208. The molecule has 0 aliphatic rings. The second kappa shape index (κ2) is 23.5. The van der Waals surface area contributed by atoms with Crippen molar-refractivity contribution in [2.45, 2.75) is 153 Å². The molecule has 0 spiro atoms. The van der Waals surface area contributed by atoms with Gasteiger partial charge in [-0.1, -0.05) is 94.9 Å². The lowest BCUT2D eigenvalue weighted by Crippen LogP contribution is -2.26. The van der Waals surface area contributed by atoms with Crippen molar-refractivity contribution in [3.05, 3.63) is 81.5 Å². The Kier molecular flexibility index (Phi) is 22.4. The van der Waals surface area contributed by atoms with Crippen LogP contribution >= 0.6 is 0 Å². The first-order chi connectivity index (χ1) is 20.1. The molecule has 0 amide bonds. The second-order valence-electron chi connectivity index (χ2n) is 13.2. The number of unbranched alkanes of at least 4 members (excludes halogenated alkanes) is 1. The summed E-state index contributed by atoms with van der Waals surface area (Å²) < 4.78 is 32.1. The van der Waals surface area contributed by atoms with E-state index in [1.165, 1.54) is 39.0 Å². The molecule has 246 valence electrons. The summed E-state index contributed by atoms with van der Waals surface area (Å²) in [6.07, 6.45) is 25.5. The zero-order valence-corrected chi connectivity index (χ0v) is 30.6. The van der Waals surface area contributed by atoms with Gasteiger partial charge in [0.15, 0.2) is 0 Å². The van der Waals surface area contributed by atoms with Crippen LogP contribution in [0.25, 0.3) is 0 Å². The van der Waals surface area contributed by atoms with E-state index in [4.69, 9.17) is 4.18 Å². The predicted octanol–water partition coefficient (Wildman–Crippen LogP) is 12.3. The highest BCUT2D eigenvalue weighted by Gasteiger charge is 2.25. The molecule has 2 atom stereocenters. The smallest absolute Gasteiger partial charge is 0.262 e. The van der Waals surface area contributed by atoms with Gasteiger partial charge in [0.25, 0.3) is 10.1 Å². The Balaban J connectivity index is 6.13. The lowest BCUT2D eigenvalue weighted by Gasteiger charge is -2.23. The molecule has 0 N–H and O–H groups in total. The van der Waals surface area contributed by atoms with Crippen molar-refractivity contribution < 1.29 is 12.6 Å². The number of hydrogen-bond acceptors (Lipinski definition) is 3. The van der Waals surface area contributed by atoms with E-state index in [1.54, 1.807) is 0 Å². The molecule has 0 aromatic rings. The van der Waals surface area contributed by atoms with Crippen molar-refractivity contribution in [2.75, 3.05) is 5.75 Å². The highest BCUT2D eigenvalue weighted by Crippen LogP contribution is 2.26. The van der Waals surface area contributed by atoms with E-state index in [2.05, 4.69) is 112 Å². The number of rotatable bonds is 22. The third-order valence-corrected chi connectivity index (χ3v) is 8.72. The largest absolute Gasteiger partial charge is 0.267 e. The highest BCUT2D eigenvalue weighted by molar-refractivity contribution is 7.86. The maximum Gasteiger partial charge on any atom is 0.267 e. The van der Waals surface area contributed by atoms with E-state index in [0.717, 1.165) is 64.2 Å². The summed E-state index contributed by atoms with van der Waals surface area (Å²) in [5, 5.41) is 0. The van der Waals surface area contributed by atoms with Crippen molar-refractivity contribution in [3.8, 4) is 0 Å². The quantitative estimate of drug-likeness (QED) is 0.0900. The van der Waals surface area contributed by atoms with Crippen molar-refractivity contribution in [1.29, 1.82) is 0 Å². The van der Waals surface area contributed by atoms with Gasteiger partial charge in [-0.3, -0.25) is 4.18 Å². The third kappa shape index (κ3) is 24.1. The summed E-state index contributed by atoms with van der Waals surface area (Å²) in [7, 11) is -3.63. The molecule has 0 aromatic heterocycles. The third-order valence-electron chi connectivity index (χ3n) is 7.42. The van der Waals surface area contributed by atoms with E-state index < -0.39 is 16.2 Å². The van der Waals surface area contributed by atoms with Crippen molar-refractivity contribution in [2.24, 2.45) is 5.92 Å². The molecule has 2 unspecified atom stereocenters. The Morgan fingerprint density at radius 3 is 1.47 bits per heavy atom. The van der Waals surface area contributed by atoms with Crippen LogP contribution < -0.4 is 0 Å². The molecule has 0 aliphatic heterocycles. The van der Waals surface area contributed by atoms with Crippen LogP contribution in [0.5, 0.6) is 0 Å². The summed E-state index contributed by atoms with van der Waals surface area (Å²) in [6, 6.07) is 0. The molecular weight excluding hydrogens is 548 g/mol. The molecule has 4 heteroatoms. The molecule has 3 nitrogen and oxygen atoms in total. The maximum atomic E-state index is 13.1. The topological polar surface area (TPSA) is 43.4 Å². The minimum absolute atomic E-state index is 0.0576. The fraction of sp³-hybridized carbons (Fsp3) is 0.641. The van der Waals surface area contributed by atoms with Gasteiger partial charge in [-0.2, -0.15) is 8.42 Å². The van der Waals surface area contributed by atoms with Crippen LogP contribution in [0.4, 0.5) is 0 Å². The lowest BCUT2D eigenvalue weighted by atomic mass is 9.91. The number of allylic oxidation sites excluding steroid dienone is 12. The van der Waals surface area contributed by atoms with Gasteiger partial charge >= 0.3 is 0 Å². The van der Waals surface area contributed by atoms with E-state index in [9.17, 15) is 8.42 Å². The van der Waals surface area contributed by atoms with Crippen molar-refractivity contribution in [3.63, 3.8) is 0 Å². The fourth-order valence-corrected chi connectivity index (χ4v) is 6.00. The van der Waals surface area contributed by atoms with Crippen LogP contribution in [0.1, 0.15) is 147 Å². The van der Waals surface area contributed by atoms with Gasteiger partial charge in [0.2, 0.25) is 0 Å². The van der Waals surface area contributed by atoms with E-state index in [0.29, 0.717) is 6.42 Å². The molecule has 0 bridgehead atoms.